The van der Waals surface area contributed by atoms with Gasteiger partial charge in [0, 0.05) is 19.5 Å². The van der Waals surface area contributed by atoms with Crippen molar-refractivity contribution in [1.82, 2.24) is 9.80 Å². The van der Waals surface area contributed by atoms with Crippen LogP contribution in [0.3, 0.4) is 0 Å². The molecule has 1 rings (SSSR count). The van der Waals surface area contributed by atoms with Crippen molar-refractivity contribution in [3.8, 4) is 6.07 Å². The van der Waals surface area contributed by atoms with Gasteiger partial charge in [-0.3, -0.25) is 9.69 Å². The fourth-order valence-corrected chi connectivity index (χ4v) is 2.60. The van der Waals surface area contributed by atoms with Crippen molar-refractivity contribution >= 4 is 5.91 Å². The molecule has 1 heterocycles. The zero-order valence-corrected chi connectivity index (χ0v) is 11.7. The SMILES string of the molecule is CCN(CC)C(=O)CCC1CCN(CC#N)CC1. The largest absolute Gasteiger partial charge is 0.343 e. The number of carbonyl (C=O) groups excluding carboxylic acids is 1. The minimum Gasteiger partial charge on any atom is -0.343 e. The maximum Gasteiger partial charge on any atom is 0.222 e. The molecule has 4 nitrogen and oxygen atoms in total. The second-order valence-corrected chi connectivity index (χ2v) is 4.98. The summed E-state index contributed by atoms with van der Waals surface area (Å²) in [5.41, 5.74) is 0. The molecule has 1 amide bonds. The smallest absolute Gasteiger partial charge is 0.222 e. The first-order valence-electron chi connectivity index (χ1n) is 7.08. The van der Waals surface area contributed by atoms with Crippen LogP contribution in [0.1, 0.15) is 39.5 Å². The number of hydrogen-bond acceptors (Lipinski definition) is 3. The van der Waals surface area contributed by atoms with Crippen molar-refractivity contribution in [3.63, 3.8) is 0 Å². The Kier molecular flexibility index (Phi) is 6.74. The van der Waals surface area contributed by atoms with E-state index in [0.29, 0.717) is 24.8 Å². The first-order chi connectivity index (χ1) is 8.71. The van der Waals surface area contributed by atoms with Gasteiger partial charge in [0.25, 0.3) is 0 Å². The Morgan fingerprint density at radius 2 is 1.94 bits per heavy atom. The predicted octanol–water partition coefficient (Wildman–Crippen LogP) is 1.87. The third-order valence-corrected chi connectivity index (χ3v) is 3.88. The highest BCUT2D eigenvalue weighted by molar-refractivity contribution is 5.76. The van der Waals surface area contributed by atoms with Gasteiger partial charge < -0.3 is 4.90 Å². The van der Waals surface area contributed by atoms with Crippen molar-refractivity contribution in [2.75, 3.05) is 32.7 Å². The number of hydrogen-bond donors (Lipinski definition) is 0. The number of amides is 1. The zero-order chi connectivity index (χ0) is 13.4. The summed E-state index contributed by atoms with van der Waals surface area (Å²) in [7, 11) is 0. The van der Waals surface area contributed by atoms with E-state index in [0.717, 1.165) is 45.4 Å². The molecule has 0 radical (unpaired) electrons. The minimum absolute atomic E-state index is 0.291. The molecule has 1 aliphatic heterocycles. The van der Waals surface area contributed by atoms with Gasteiger partial charge in [0.15, 0.2) is 0 Å². The third kappa shape index (κ3) is 4.66. The summed E-state index contributed by atoms with van der Waals surface area (Å²) in [6.45, 7) is 8.26. The monoisotopic (exact) mass is 251 g/mol. The van der Waals surface area contributed by atoms with Gasteiger partial charge in [-0.05, 0) is 52.1 Å². The Balaban J connectivity index is 2.21. The molecule has 1 aliphatic rings. The summed E-state index contributed by atoms with van der Waals surface area (Å²) in [6.07, 6.45) is 3.96. The molecule has 4 heteroatoms. The van der Waals surface area contributed by atoms with Crippen molar-refractivity contribution in [1.29, 1.82) is 5.26 Å². The van der Waals surface area contributed by atoms with E-state index in [-0.39, 0.29) is 0 Å². The van der Waals surface area contributed by atoms with Gasteiger partial charge in [-0.15, -0.1) is 0 Å². The molecule has 0 aromatic heterocycles. The summed E-state index contributed by atoms with van der Waals surface area (Å²) in [6, 6.07) is 2.20. The van der Waals surface area contributed by atoms with E-state index in [2.05, 4.69) is 11.0 Å². The van der Waals surface area contributed by atoms with E-state index in [1.807, 2.05) is 18.7 Å². The standard InChI is InChI=1S/C14H25N3O/c1-3-17(4-2)14(18)6-5-13-7-10-16(11-8-13)12-9-15/h13H,3-8,10-12H2,1-2H3. The maximum atomic E-state index is 11.9. The molecule has 0 unspecified atom stereocenters. The van der Waals surface area contributed by atoms with Crippen molar-refractivity contribution in [2.24, 2.45) is 5.92 Å². The summed E-state index contributed by atoms with van der Waals surface area (Å²) in [5.74, 6) is 0.957. The molecule has 0 N–H and O–H groups in total. The molecule has 0 saturated carbocycles. The summed E-state index contributed by atoms with van der Waals surface area (Å²) < 4.78 is 0. The van der Waals surface area contributed by atoms with Crippen LogP contribution in [0.2, 0.25) is 0 Å². The summed E-state index contributed by atoms with van der Waals surface area (Å²) in [4.78, 5) is 16.0. The molecule has 0 spiro atoms. The Bertz CT molecular complexity index is 286. The Morgan fingerprint density at radius 3 is 2.44 bits per heavy atom. The van der Waals surface area contributed by atoms with Gasteiger partial charge in [0.05, 0.1) is 12.6 Å². The molecule has 1 saturated heterocycles. The van der Waals surface area contributed by atoms with Crippen LogP contribution in [0.15, 0.2) is 0 Å². The molecular weight excluding hydrogens is 226 g/mol. The molecule has 18 heavy (non-hydrogen) atoms. The number of nitriles is 1. The Hall–Kier alpha value is -1.08. The van der Waals surface area contributed by atoms with Crippen molar-refractivity contribution in [3.05, 3.63) is 0 Å². The highest BCUT2D eigenvalue weighted by atomic mass is 16.2. The third-order valence-electron chi connectivity index (χ3n) is 3.88. The fourth-order valence-electron chi connectivity index (χ4n) is 2.60. The quantitative estimate of drug-likeness (QED) is 0.677. The number of likely N-dealkylation sites (tertiary alicyclic amines) is 1. The Morgan fingerprint density at radius 1 is 1.33 bits per heavy atom. The van der Waals surface area contributed by atoms with Gasteiger partial charge in [-0.25, -0.2) is 0 Å². The lowest BCUT2D eigenvalue weighted by molar-refractivity contribution is -0.131. The second-order valence-electron chi connectivity index (χ2n) is 4.98. The molecular formula is C14H25N3O. The van der Waals surface area contributed by atoms with E-state index in [1.54, 1.807) is 0 Å². The van der Waals surface area contributed by atoms with Gasteiger partial charge in [0.2, 0.25) is 5.91 Å². The lowest BCUT2D eigenvalue weighted by Gasteiger charge is -2.30. The lowest BCUT2D eigenvalue weighted by Crippen LogP contribution is -2.35. The van der Waals surface area contributed by atoms with Gasteiger partial charge in [0.1, 0.15) is 0 Å². The van der Waals surface area contributed by atoms with E-state index in [4.69, 9.17) is 5.26 Å². The van der Waals surface area contributed by atoms with Crippen LogP contribution >= 0.6 is 0 Å². The zero-order valence-electron chi connectivity index (χ0n) is 11.7. The molecule has 0 aliphatic carbocycles. The van der Waals surface area contributed by atoms with Crippen LogP contribution in [0.4, 0.5) is 0 Å². The number of carbonyl (C=O) groups is 1. The highest BCUT2D eigenvalue weighted by Crippen LogP contribution is 2.22. The van der Waals surface area contributed by atoms with E-state index in [1.165, 1.54) is 0 Å². The first-order valence-corrected chi connectivity index (χ1v) is 7.08. The number of piperidine rings is 1. The number of nitrogens with zero attached hydrogens (tertiary/aromatic N) is 3. The minimum atomic E-state index is 0.291. The summed E-state index contributed by atoms with van der Waals surface area (Å²) >= 11 is 0. The van der Waals surface area contributed by atoms with Gasteiger partial charge in [-0.2, -0.15) is 5.26 Å². The van der Waals surface area contributed by atoms with Crippen LogP contribution in [-0.2, 0) is 4.79 Å². The number of rotatable bonds is 6. The van der Waals surface area contributed by atoms with E-state index in [9.17, 15) is 4.79 Å². The van der Waals surface area contributed by atoms with Crippen LogP contribution in [0, 0.1) is 17.2 Å². The highest BCUT2D eigenvalue weighted by Gasteiger charge is 2.20. The van der Waals surface area contributed by atoms with Crippen molar-refractivity contribution in [2.45, 2.75) is 39.5 Å². The van der Waals surface area contributed by atoms with Crippen molar-refractivity contribution < 1.29 is 4.79 Å². The first kappa shape index (κ1) is 15.0. The lowest BCUT2D eigenvalue weighted by atomic mass is 9.92. The van der Waals surface area contributed by atoms with E-state index >= 15 is 0 Å². The molecule has 0 bridgehead atoms. The van der Waals surface area contributed by atoms with Gasteiger partial charge >= 0.3 is 0 Å². The van der Waals surface area contributed by atoms with E-state index < -0.39 is 0 Å². The molecule has 0 atom stereocenters. The normalized spacial score (nSPS) is 17.4. The maximum absolute atomic E-state index is 11.9. The van der Waals surface area contributed by atoms with Crippen LogP contribution in [0.25, 0.3) is 0 Å². The molecule has 0 aromatic rings. The van der Waals surface area contributed by atoms with Gasteiger partial charge in [-0.1, -0.05) is 0 Å². The summed E-state index contributed by atoms with van der Waals surface area (Å²) in [5, 5.41) is 8.63. The van der Waals surface area contributed by atoms with Crippen LogP contribution in [-0.4, -0.2) is 48.4 Å². The van der Waals surface area contributed by atoms with Crippen LogP contribution in [0.5, 0.6) is 0 Å². The second kappa shape index (κ2) is 8.10. The molecule has 1 fully saturated rings. The molecule has 0 aromatic carbocycles. The predicted molar refractivity (Wildman–Crippen MR) is 71.9 cm³/mol. The fraction of sp³-hybridized carbons (Fsp3) is 0.857. The topological polar surface area (TPSA) is 47.3 Å². The average molecular weight is 251 g/mol. The van der Waals surface area contributed by atoms with Crippen LogP contribution < -0.4 is 0 Å². The molecule has 102 valence electrons. The average Bonchev–Trinajstić information content (AvgIpc) is 2.40. The Labute approximate surface area is 111 Å².